The van der Waals surface area contributed by atoms with Gasteiger partial charge >= 0.3 is 6.03 Å². The summed E-state index contributed by atoms with van der Waals surface area (Å²) < 4.78 is 5.42. The van der Waals surface area contributed by atoms with Crippen LogP contribution in [0.25, 0.3) is 0 Å². The molecule has 104 valence electrons. The molecule has 1 atom stereocenters. The first-order valence-electron chi connectivity index (χ1n) is 6.93. The highest BCUT2D eigenvalue weighted by atomic mass is 16.5. The minimum Gasteiger partial charge on any atom is -0.381 e. The lowest BCUT2D eigenvalue weighted by atomic mass is 9.99. The Balaban J connectivity index is 1.65. The number of hydrogen-bond acceptors (Lipinski definition) is 2. The Kier molecular flexibility index (Phi) is 5.21. The predicted octanol–water partition coefficient (Wildman–Crippen LogP) is 2.93. The number of urea groups is 1. The van der Waals surface area contributed by atoms with E-state index in [1.165, 1.54) is 12.0 Å². The summed E-state index contributed by atoms with van der Waals surface area (Å²) >= 11 is 0. The highest BCUT2D eigenvalue weighted by Crippen LogP contribution is 2.16. The van der Waals surface area contributed by atoms with Gasteiger partial charge in [-0.15, -0.1) is 0 Å². The van der Waals surface area contributed by atoms with Crippen molar-refractivity contribution in [3.05, 3.63) is 29.8 Å². The fourth-order valence-electron chi connectivity index (χ4n) is 2.24. The molecule has 1 unspecified atom stereocenters. The Bertz CT molecular complexity index is 397. The van der Waals surface area contributed by atoms with Crippen LogP contribution in [0, 0.1) is 12.8 Å². The second-order valence-electron chi connectivity index (χ2n) is 5.12. The number of carbonyl (C=O) groups is 1. The first kappa shape index (κ1) is 13.9. The van der Waals surface area contributed by atoms with Gasteiger partial charge in [0.2, 0.25) is 0 Å². The zero-order valence-electron chi connectivity index (χ0n) is 11.4. The number of aryl methyl sites for hydroxylation is 1. The van der Waals surface area contributed by atoms with Crippen molar-refractivity contribution < 1.29 is 9.53 Å². The second-order valence-corrected chi connectivity index (χ2v) is 5.12. The molecule has 2 amide bonds. The molecule has 2 rings (SSSR count). The molecule has 1 aromatic carbocycles. The van der Waals surface area contributed by atoms with Gasteiger partial charge in [0.05, 0.1) is 0 Å². The molecule has 1 fully saturated rings. The van der Waals surface area contributed by atoms with Crippen molar-refractivity contribution in [2.75, 3.05) is 25.1 Å². The molecule has 0 spiro atoms. The summed E-state index contributed by atoms with van der Waals surface area (Å²) in [5.41, 5.74) is 2.01. The molecule has 2 N–H and O–H groups in total. The zero-order chi connectivity index (χ0) is 13.5. The average molecular weight is 262 g/mol. The minimum absolute atomic E-state index is 0.138. The van der Waals surface area contributed by atoms with Crippen molar-refractivity contribution in [3.63, 3.8) is 0 Å². The first-order chi connectivity index (χ1) is 9.24. The van der Waals surface area contributed by atoms with Crippen molar-refractivity contribution in [2.45, 2.75) is 26.2 Å². The summed E-state index contributed by atoms with van der Waals surface area (Å²) in [6.07, 6.45) is 3.34. The second kappa shape index (κ2) is 7.14. The fourth-order valence-corrected chi connectivity index (χ4v) is 2.24. The number of ether oxygens (including phenoxy) is 1. The van der Waals surface area contributed by atoms with Crippen molar-refractivity contribution in [2.24, 2.45) is 5.92 Å². The van der Waals surface area contributed by atoms with Crippen LogP contribution < -0.4 is 10.6 Å². The van der Waals surface area contributed by atoms with Crippen molar-refractivity contribution in [1.29, 1.82) is 0 Å². The monoisotopic (exact) mass is 262 g/mol. The number of anilines is 1. The highest BCUT2D eigenvalue weighted by molar-refractivity contribution is 5.89. The predicted molar refractivity (Wildman–Crippen MR) is 76.4 cm³/mol. The maximum Gasteiger partial charge on any atom is 0.319 e. The average Bonchev–Trinajstić information content (AvgIpc) is 2.43. The SMILES string of the molecule is Cc1ccc(NC(=O)NCCC2CCCOC2)cc1. The first-order valence-corrected chi connectivity index (χ1v) is 6.93. The van der Waals surface area contributed by atoms with Crippen molar-refractivity contribution in [3.8, 4) is 0 Å². The van der Waals surface area contributed by atoms with Gasteiger partial charge in [-0.25, -0.2) is 4.79 Å². The van der Waals surface area contributed by atoms with Crippen LogP contribution in [-0.4, -0.2) is 25.8 Å². The van der Waals surface area contributed by atoms with Crippen LogP contribution in [-0.2, 0) is 4.74 Å². The van der Waals surface area contributed by atoms with E-state index in [1.54, 1.807) is 0 Å². The van der Waals surface area contributed by atoms with Crippen LogP contribution in [0.5, 0.6) is 0 Å². The van der Waals surface area contributed by atoms with Gasteiger partial charge in [0, 0.05) is 25.4 Å². The van der Waals surface area contributed by atoms with Gasteiger partial charge in [0.15, 0.2) is 0 Å². The number of amides is 2. The summed E-state index contributed by atoms with van der Waals surface area (Å²) in [6.45, 7) is 4.45. The molecule has 1 saturated heterocycles. The van der Waals surface area contributed by atoms with Gasteiger partial charge in [-0.1, -0.05) is 17.7 Å². The van der Waals surface area contributed by atoms with Crippen molar-refractivity contribution >= 4 is 11.7 Å². The number of benzene rings is 1. The standard InChI is InChI=1S/C15H22N2O2/c1-12-4-6-14(7-5-12)17-15(18)16-9-8-13-3-2-10-19-11-13/h4-7,13H,2-3,8-11H2,1H3,(H2,16,17,18). The van der Waals surface area contributed by atoms with E-state index in [9.17, 15) is 4.79 Å². The molecule has 1 aliphatic heterocycles. The summed E-state index contributed by atoms with van der Waals surface area (Å²) in [5.74, 6) is 0.591. The molecule has 0 radical (unpaired) electrons. The van der Waals surface area contributed by atoms with E-state index in [4.69, 9.17) is 4.74 Å². The van der Waals surface area contributed by atoms with Crippen LogP contribution in [0.1, 0.15) is 24.8 Å². The van der Waals surface area contributed by atoms with E-state index in [2.05, 4.69) is 10.6 Å². The summed E-state index contributed by atoms with van der Waals surface area (Å²) in [7, 11) is 0. The smallest absolute Gasteiger partial charge is 0.319 e. The van der Waals surface area contributed by atoms with Gasteiger partial charge < -0.3 is 15.4 Å². The van der Waals surface area contributed by atoms with Gasteiger partial charge in [-0.2, -0.15) is 0 Å². The Morgan fingerprint density at radius 2 is 2.16 bits per heavy atom. The molecule has 1 heterocycles. The number of carbonyl (C=O) groups excluding carboxylic acids is 1. The Morgan fingerprint density at radius 3 is 2.84 bits per heavy atom. The Hall–Kier alpha value is -1.55. The third-order valence-electron chi connectivity index (χ3n) is 3.40. The van der Waals surface area contributed by atoms with Gasteiger partial charge in [0.25, 0.3) is 0 Å². The lowest BCUT2D eigenvalue weighted by Gasteiger charge is -2.21. The number of nitrogens with one attached hydrogen (secondary N) is 2. The normalized spacial score (nSPS) is 18.9. The summed E-state index contributed by atoms with van der Waals surface area (Å²) in [5, 5.41) is 5.71. The summed E-state index contributed by atoms with van der Waals surface area (Å²) in [6, 6.07) is 7.64. The van der Waals surface area contributed by atoms with Gasteiger partial charge in [0.1, 0.15) is 0 Å². The molecule has 4 heteroatoms. The highest BCUT2D eigenvalue weighted by Gasteiger charge is 2.13. The van der Waals surface area contributed by atoms with Gasteiger partial charge in [-0.05, 0) is 44.2 Å². The molecular formula is C15H22N2O2. The minimum atomic E-state index is -0.138. The van der Waals surface area contributed by atoms with Gasteiger partial charge in [-0.3, -0.25) is 0 Å². The van der Waals surface area contributed by atoms with E-state index in [-0.39, 0.29) is 6.03 Å². The molecule has 0 bridgehead atoms. The molecule has 19 heavy (non-hydrogen) atoms. The fraction of sp³-hybridized carbons (Fsp3) is 0.533. The van der Waals surface area contributed by atoms with Crippen LogP contribution in [0.15, 0.2) is 24.3 Å². The largest absolute Gasteiger partial charge is 0.381 e. The molecule has 0 aromatic heterocycles. The molecule has 0 aliphatic carbocycles. The lowest BCUT2D eigenvalue weighted by Crippen LogP contribution is -2.31. The topological polar surface area (TPSA) is 50.4 Å². The number of hydrogen-bond donors (Lipinski definition) is 2. The third kappa shape index (κ3) is 4.91. The molecule has 1 aromatic rings. The van der Waals surface area contributed by atoms with Crippen LogP contribution in [0.4, 0.5) is 10.5 Å². The van der Waals surface area contributed by atoms with Crippen molar-refractivity contribution in [1.82, 2.24) is 5.32 Å². The molecule has 1 aliphatic rings. The third-order valence-corrected chi connectivity index (χ3v) is 3.40. The quantitative estimate of drug-likeness (QED) is 0.876. The molecule has 0 saturated carbocycles. The zero-order valence-corrected chi connectivity index (χ0v) is 11.4. The van der Waals surface area contributed by atoms with E-state index >= 15 is 0 Å². The van der Waals surface area contributed by atoms with E-state index in [0.29, 0.717) is 12.5 Å². The van der Waals surface area contributed by atoms with E-state index < -0.39 is 0 Å². The van der Waals surface area contributed by atoms with E-state index in [1.807, 2.05) is 31.2 Å². The maximum absolute atomic E-state index is 11.7. The van der Waals surface area contributed by atoms with Crippen LogP contribution in [0.3, 0.4) is 0 Å². The molecule has 4 nitrogen and oxygen atoms in total. The number of rotatable bonds is 4. The molecular weight excluding hydrogens is 240 g/mol. The Morgan fingerprint density at radius 1 is 1.37 bits per heavy atom. The lowest BCUT2D eigenvalue weighted by molar-refractivity contribution is 0.0520. The Labute approximate surface area is 114 Å². The van der Waals surface area contributed by atoms with Crippen LogP contribution in [0.2, 0.25) is 0 Å². The van der Waals surface area contributed by atoms with E-state index in [0.717, 1.165) is 31.7 Å². The van der Waals surface area contributed by atoms with Crippen LogP contribution >= 0.6 is 0 Å². The maximum atomic E-state index is 11.7. The summed E-state index contributed by atoms with van der Waals surface area (Å²) in [4.78, 5) is 11.7.